The van der Waals surface area contributed by atoms with E-state index in [0.29, 0.717) is 59.6 Å². The zero-order valence-corrected chi connectivity index (χ0v) is 41.0. The molecule has 3 saturated heterocycles. The number of benzene rings is 3. The summed E-state index contributed by atoms with van der Waals surface area (Å²) in [6.45, 7) is 9.32. The Morgan fingerprint density at radius 2 is 1.81 bits per heavy atom. The molecule has 4 aromatic rings. The van der Waals surface area contributed by atoms with E-state index in [-0.39, 0.29) is 77.8 Å². The van der Waals surface area contributed by atoms with Crippen LogP contribution in [-0.4, -0.2) is 94.7 Å². The van der Waals surface area contributed by atoms with Crippen LogP contribution in [0.2, 0.25) is 5.02 Å². The first-order chi connectivity index (χ1) is 34.2. The normalized spacial score (nSPS) is 25.8. The first-order valence-electron chi connectivity index (χ1n) is 24.4. The van der Waals surface area contributed by atoms with Crippen molar-refractivity contribution in [3.8, 4) is 17.6 Å². The van der Waals surface area contributed by atoms with E-state index in [1.165, 1.54) is 17.2 Å². The Morgan fingerprint density at radius 1 is 1.01 bits per heavy atom. The van der Waals surface area contributed by atoms with Crippen molar-refractivity contribution >= 4 is 52.5 Å². The second-order valence-electron chi connectivity index (χ2n) is 21.1. The summed E-state index contributed by atoms with van der Waals surface area (Å²) in [5.41, 5.74) is 0.943. The number of hydrogen-bond acceptors (Lipinski definition) is 9. The number of aromatic nitrogens is 1. The number of carbonyl (C=O) groups excluding carboxylic acids is 5. The van der Waals surface area contributed by atoms with Gasteiger partial charge in [-0.25, -0.2) is 4.39 Å². The Labute approximate surface area is 419 Å². The van der Waals surface area contributed by atoms with Crippen LogP contribution in [0.5, 0.6) is 5.75 Å². The third-order valence-electron chi connectivity index (χ3n) is 15.1. The molecule has 10 rings (SSSR count). The number of nitrogens with zero attached hydrogens (tertiary/aromatic N) is 4. The number of amides is 5. The minimum atomic E-state index is -4.71. The lowest BCUT2D eigenvalue weighted by Crippen LogP contribution is -2.52. The van der Waals surface area contributed by atoms with Gasteiger partial charge < -0.3 is 30.1 Å². The summed E-state index contributed by atoms with van der Waals surface area (Å²) in [6.07, 6.45) is -1.01. The lowest BCUT2D eigenvalue weighted by molar-refractivity contribution is -0.141. The summed E-state index contributed by atoms with van der Waals surface area (Å²) in [5.74, 6) is 3.53. The van der Waals surface area contributed by atoms with E-state index >= 15 is 9.18 Å². The highest BCUT2D eigenvalue weighted by Gasteiger charge is 2.63. The van der Waals surface area contributed by atoms with Gasteiger partial charge in [-0.1, -0.05) is 62.4 Å². The van der Waals surface area contributed by atoms with Crippen LogP contribution in [0.1, 0.15) is 121 Å². The predicted molar refractivity (Wildman–Crippen MR) is 260 cm³/mol. The molecule has 0 aliphatic carbocycles. The number of fused-ring (bicyclic) bond motifs is 4. The number of pyridine rings is 1. The molecule has 0 bridgehead atoms. The summed E-state index contributed by atoms with van der Waals surface area (Å²) >= 11 is 6.44. The first-order valence-corrected chi connectivity index (χ1v) is 24.8. The number of hydrogen-bond donors (Lipinski definition) is 3. The van der Waals surface area contributed by atoms with Crippen LogP contribution in [0.3, 0.4) is 0 Å². The minimum Gasteiger partial charge on any atom is -0.487 e. The van der Waals surface area contributed by atoms with Gasteiger partial charge in [-0.15, -0.1) is 0 Å². The molecule has 3 aromatic carbocycles. The molecule has 5 amide bonds. The summed E-state index contributed by atoms with van der Waals surface area (Å²) in [4.78, 5) is 76.1. The van der Waals surface area contributed by atoms with Gasteiger partial charge in [0, 0.05) is 90.5 Å². The summed E-state index contributed by atoms with van der Waals surface area (Å²) < 4.78 is 64.8. The van der Waals surface area contributed by atoms with Crippen LogP contribution in [0, 0.1) is 29.0 Å². The maximum atomic E-state index is 16.5. The molecule has 18 heteroatoms. The van der Waals surface area contributed by atoms with Gasteiger partial charge in [0.1, 0.15) is 29.4 Å². The van der Waals surface area contributed by atoms with Gasteiger partial charge in [-0.2, -0.15) is 13.2 Å². The van der Waals surface area contributed by atoms with Gasteiger partial charge in [0.05, 0.1) is 23.3 Å². The van der Waals surface area contributed by atoms with Crippen molar-refractivity contribution in [3.05, 3.63) is 117 Å². The lowest BCUT2D eigenvalue weighted by Gasteiger charge is -2.40. The highest BCUT2D eigenvalue weighted by Crippen LogP contribution is 2.57. The number of halogens is 5. The van der Waals surface area contributed by atoms with Crippen molar-refractivity contribution in [2.75, 3.05) is 36.4 Å². The number of imide groups is 1. The largest absolute Gasteiger partial charge is 0.487 e. The van der Waals surface area contributed by atoms with E-state index in [2.05, 4.69) is 32.8 Å². The number of rotatable bonds is 6. The molecule has 0 saturated carbocycles. The van der Waals surface area contributed by atoms with E-state index < -0.39 is 65.1 Å². The second kappa shape index (κ2) is 18.5. The molecule has 7 heterocycles. The summed E-state index contributed by atoms with van der Waals surface area (Å²) in [6, 6.07) is 13.5. The molecule has 3 N–H and O–H groups in total. The Hall–Kier alpha value is -6.51. The molecule has 1 spiro atoms. The lowest BCUT2D eigenvalue weighted by atomic mass is 9.63. The average Bonchev–Trinajstić information content (AvgIpc) is 3.99. The fourth-order valence-corrected chi connectivity index (χ4v) is 12.0. The van der Waals surface area contributed by atoms with Gasteiger partial charge in [-0.3, -0.25) is 34.3 Å². The first kappa shape index (κ1) is 49.1. The van der Waals surface area contributed by atoms with Crippen LogP contribution in [0.15, 0.2) is 66.9 Å². The zero-order valence-electron chi connectivity index (χ0n) is 40.2. The number of likely N-dealkylation sites (tertiary alicyclic amines) is 1. The topological polar surface area (TPSA) is 153 Å². The number of alkyl halides is 3. The quantitative estimate of drug-likeness (QED) is 0.0992. The van der Waals surface area contributed by atoms with E-state index in [4.69, 9.17) is 16.3 Å². The van der Waals surface area contributed by atoms with Crippen molar-refractivity contribution in [2.24, 2.45) is 11.3 Å². The Kier molecular flexibility index (Phi) is 12.6. The maximum Gasteiger partial charge on any atom is 0.433 e. The number of carbonyl (C=O) groups is 5. The highest BCUT2D eigenvalue weighted by atomic mass is 35.5. The van der Waals surface area contributed by atoms with Crippen LogP contribution < -0.4 is 25.6 Å². The molecular formula is C54H54ClF4N7O6. The average molecular weight is 1010 g/mol. The van der Waals surface area contributed by atoms with Gasteiger partial charge in [0.15, 0.2) is 0 Å². The standard InChI is InChI=1S/C54H54ClF4N7O6/c1-29-25-65(51(71)47-45(34-14-7-15-37(55)46(34)56)53(43(62-47)23-52(2,3)4)28-61-38-22-42(54(57,58)59)60-24-36(38)53)39-17-16-32(21-41(39)72-29)49(69)64-20-8-10-30(26-64)9-5-11-31-12-6-13-33-35(31)27-66(50(33)70)40-18-19-44(67)63-48(40)68/h6-7,12-17,21-22,24,29-30,40,43,45,47,61-62H,8-10,18-20,23,25-28H2,1-4H3,(H,63,67,68)/t29-,30+,40+,43-,45-,47+,53-/m0/s1. The fraction of sp³-hybridized carbons (Fsp3) is 0.444. The SMILES string of the molecule is C[C@H]1CN(C(=O)[C@@H]2N[C@@H](CC(C)(C)C)[C@@]3(CNc4cc(C(F)(F)F)ncc43)[C@H]2c2cccc(Cl)c2F)c2ccc(C(=O)N3CCC[C@@H](CC#Cc4cccc5c4CN([C@@H]4CCC(=O)NC4=O)C5=O)C3)cc2O1. The van der Waals surface area contributed by atoms with Crippen molar-refractivity contribution < 1.29 is 46.3 Å². The molecule has 1 aromatic heterocycles. The zero-order chi connectivity index (χ0) is 51.0. The smallest absolute Gasteiger partial charge is 0.433 e. The van der Waals surface area contributed by atoms with Crippen molar-refractivity contribution in [3.63, 3.8) is 0 Å². The predicted octanol–water partition coefficient (Wildman–Crippen LogP) is 7.99. The number of nitrogens with one attached hydrogen (secondary N) is 3. The van der Waals surface area contributed by atoms with Crippen LogP contribution >= 0.6 is 11.6 Å². The van der Waals surface area contributed by atoms with E-state index in [1.54, 1.807) is 52.3 Å². The Morgan fingerprint density at radius 3 is 2.57 bits per heavy atom. The molecule has 13 nitrogen and oxygen atoms in total. The molecule has 0 radical (unpaired) electrons. The van der Waals surface area contributed by atoms with E-state index in [9.17, 15) is 32.3 Å². The van der Waals surface area contributed by atoms with E-state index in [0.717, 1.165) is 24.5 Å². The van der Waals surface area contributed by atoms with Crippen LogP contribution in [-0.2, 0) is 32.5 Å². The molecule has 72 heavy (non-hydrogen) atoms. The maximum absolute atomic E-state index is 16.5. The van der Waals surface area contributed by atoms with Crippen molar-refractivity contribution in [1.29, 1.82) is 0 Å². The monoisotopic (exact) mass is 1010 g/mol. The summed E-state index contributed by atoms with van der Waals surface area (Å²) in [5, 5.41) is 8.96. The van der Waals surface area contributed by atoms with E-state index in [1.807, 2.05) is 33.8 Å². The van der Waals surface area contributed by atoms with Crippen LogP contribution in [0.4, 0.5) is 28.9 Å². The number of piperidine rings is 2. The van der Waals surface area contributed by atoms with Gasteiger partial charge in [0.2, 0.25) is 17.7 Å². The minimum absolute atomic E-state index is 0.0710. The third kappa shape index (κ3) is 8.84. The summed E-state index contributed by atoms with van der Waals surface area (Å²) in [7, 11) is 0. The van der Waals surface area contributed by atoms with Gasteiger partial charge in [-0.05, 0) is 97.5 Å². The van der Waals surface area contributed by atoms with Gasteiger partial charge >= 0.3 is 6.18 Å². The van der Waals surface area contributed by atoms with Gasteiger partial charge in [0.25, 0.3) is 11.8 Å². The molecule has 3 fully saturated rings. The second-order valence-corrected chi connectivity index (χ2v) is 21.6. The fourth-order valence-electron chi connectivity index (χ4n) is 11.9. The third-order valence-corrected chi connectivity index (χ3v) is 15.4. The molecular weight excluding hydrogens is 954 g/mol. The molecule has 6 aliphatic rings. The molecule has 7 atom stereocenters. The number of anilines is 2. The van der Waals surface area contributed by atoms with Crippen LogP contribution in [0.25, 0.3) is 0 Å². The number of ether oxygens (including phenoxy) is 1. The Bertz CT molecular complexity index is 2990. The highest BCUT2D eigenvalue weighted by molar-refractivity contribution is 6.30. The van der Waals surface area contributed by atoms with Crippen molar-refractivity contribution in [2.45, 2.75) is 115 Å². The Balaban J connectivity index is 0.892. The van der Waals surface area contributed by atoms with Crippen molar-refractivity contribution in [1.82, 2.24) is 25.4 Å². The molecule has 376 valence electrons. The molecule has 6 aliphatic heterocycles. The molecule has 0 unspecified atom stereocenters.